The highest BCUT2D eigenvalue weighted by atomic mass is 16.3. The van der Waals surface area contributed by atoms with Crippen LogP contribution in [0.5, 0.6) is 0 Å². The lowest BCUT2D eigenvalue weighted by atomic mass is 10.1. The van der Waals surface area contributed by atoms with Crippen molar-refractivity contribution in [2.75, 3.05) is 26.2 Å². The lowest BCUT2D eigenvalue weighted by molar-refractivity contribution is 0.0337. The molecule has 1 fully saturated rings. The number of aliphatic hydroxyl groups excluding tert-OH is 1. The van der Waals surface area contributed by atoms with Gasteiger partial charge in [0.25, 0.3) is 0 Å². The summed E-state index contributed by atoms with van der Waals surface area (Å²) in [6.45, 7) is 9.06. The average Bonchev–Trinajstić information content (AvgIpc) is 2.41. The van der Waals surface area contributed by atoms with Crippen molar-refractivity contribution in [2.45, 2.75) is 39.0 Å². The standard InChI is InChI=1S/C15H25N3O/c1-3-15-12-17(7-8-18(15)10-13(2)19)11-14-5-4-6-16-9-14/h4-6,9,13,15,19H,3,7-8,10-12H2,1-2H3/t13-,15-/m0/s1. The second kappa shape index (κ2) is 6.98. The van der Waals surface area contributed by atoms with Crippen molar-refractivity contribution >= 4 is 0 Å². The summed E-state index contributed by atoms with van der Waals surface area (Å²) >= 11 is 0. The summed E-state index contributed by atoms with van der Waals surface area (Å²) in [4.78, 5) is 9.08. The van der Waals surface area contributed by atoms with E-state index in [1.807, 2.05) is 25.4 Å². The van der Waals surface area contributed by atoms with Gasteiger partial charge >= 0.3 is 0 Å². The van der Waals surface area contributed by atoms with Gasteiger partial charge in [0, 0.05) is 51.2 Å². The van der Waals surface area contributed by atoms with Crippen LogP contribution in [0.4, 0.5) is 0 Å². The van der Waals surface area contributed by atoms with E-state index in [4.69, 9.17) is 0 Å². The summed E-state index contributed by atoms with van der Waals surface area (Å²) in [6.07, 6.45) is 4.66. The summed E-state index contributed by atoms with van der Waals surface area (Å²) in [5.74, 6) is 0. The molecule has 1 aromatic rings. The van der Waals surface area contributed by atoms with Crippen molar-refractivity contribution in [2.24, 2.45) is 0 Å². The number of hydrogen-bond acceptors (Lipinski definition) is 4. The van der Waals surface area contributed by atoms with Crippen molar-refractivity contribution in [3.63, 3.8) is 0 Å². The van der Waals surface area contributed by atoms with Gasteiger partial charge < -0.3 is 5.11 Å². The highest BCUT2D eigenvalue weighted by Gasteiger charge is 2.26. The SMILES string of the molecule is CC[C@H]1CN(Cc2cccnc2)CCN1C[C@H](C)O. The van der Waals surface area contributed by atoms with Crippen LogP contribution in [0.3, 0.4) is 0 Å². The van der Waals surface area contributed by atoms with E-state index < -0.39 is 0 Å². The van der Waals surface area contributed by atoms with Crippen molar-refractivity contribution in [1.82, 2.24) is 14.8 Å². The molecule has 1 N–H and O–H groups in total. The molecule has 0 aromatic carbocycles. The molecule has 1 saturated heterocycles. The molecule has 0 bridgehead atoms. The second-order valence-corrected chi connectivity index (χ2v) is 5.50. The van der Waals surface area contributed by atoms with E-state index in [0.29, 0.717) is 6.04 Å². The Morgan fingerprint density at radius 2 is 2.32 bits per heavy atom. The Bertz CT molecular complexity index is 369. The summed E-state index contributed by atoms with van der Waals surface area (Å²) in [6, 6.07) is 4.69. The minimum atomic E-state index is -0.237. The molecule has 0 amide bonds. The predicted octanol–water partition coefficient (Wildman–Crippen LogP) is 1.36. The Morgan fingerprint density at radius 3 is 2.95 bits per heavy atom. The van der Waals surface area contributed by atoms with Gasteiger partial charge in [-0.15, -0.1) is 0 Å². The lowest BCUT2D eigenvalue weighted by Crippen LogP contribution is -2.54. The third-order valence-corrected chi connectivity index (χ3v) is 3.79. The Labute approximate surface area is 116 Å². The normalized spacial score (nSPS) is 23.4. The van der Waals surface area contributed by atoms with Crippen LogP contribution in [0.1, 0.15) is 25.8 Å². The number of piperazine rings is 1. The smallest absolute Gasteiger partial charge is 0.0639 e. The molecule has 0 spiro atoms. The summed E-state index contributed by atoms with van der Waals surface area (Å²) in [7, 11) is 0. The first kappa shape index (κ1) is 14.4. The van der Waals surface area contributed by atoms with Crippen LogP contribution < -0.4 is 0 Å². The number of nitrogens with zero attached hydrogens (tertiary/aromatic N) is 3. The third kappa shape index (κ3) is 4.27. The molecule has 2 atom stereocenters. The molecule has 1 aliphatic heterocycles. The summed E-state index contributed by atoms with van der Waals surface area (Å²) in [5, 5.41) is 9.56. The van der Waals surface area contributed by atoms with E-state index in [-0.39, 0.29) is 6.10 Å². The monoisotopic (exact) mass is 263 g/mol. The van der Waals surface area contributed by atoms with Crippen molar-refractivity contribution < 1.29 is 5.11 Å². The van der Waals surface area contributed by atoms with Gasteiger partial charge in [-0.3, -0.25) is 14.8 Å². The first-order valence-electron chi connectivity index (χ1n) is 7.22. The van der Waals surface area contributed by atoms with Crippen LogP contribution in [0, 0.1) is 0 Å². The first-order chi connectivity index (χ1) is 9.19. The molecule has 106 valence electrons. The number of aliphatic hydroxyl groups is 1. The minimum Gasteiger partial charge on any atom is -0.392 e. The molecule has 2 rings (SSSR count). The predicted molar refractivity (Wildman–Crippen MR) is 76.8 cm³/mol. The zero-order valence-electron chi connectivity index (χ0n) is 12.0. The average molecular weight is 263 g/mol. The molecule has 0 aliphatic carbocycles. The molecule has 0 unspecified atom stereocenters. The Morgan fingerprint density at radius 1 is 1.47 bits per heavy atom. The largest absolute Gasteiger partial charge is 0.392 e. The maximum atomic E-state index is 9.56. The topological polar surface area (TPSA) is 39.6 Å². The van der Waals surface area contributed by atoms with E-state index in [9.17, 15) is 5.11 Å². The Hall–Kier alpha value is -0.970. The summed E-state index contributed by atoms with van der Waals surface area (Å²) < 4.78 is 0. The molecule has 4 heteroatoms. The van der Waals surface area contributed by atoms with Gasteiger partial charge in [-0.1, -0.05) is 13.0 Å². The van der Waals surface area contributed by atoms with Gasteiger partial charge in [-0.2, -0.15) is 0 Å². The van der Waals surface area contributed by atoms with Crippen molar-refractivity contribution in [3.8, 4) is 0 Å². The molecule has 1 aliphatic rings. The number of hydrogen-bond donors (Lipinski definition) is 1. The fourth-order valence-corrected chi connectivity index (χ4v) is 2.82. The second-order valence-electron chi connectivity index (χ2n) is 5.50. The number of pyridine rings is 1. The molecule has 4 nitrogen and oxygen atoms in total. The van der Waals surface area contributed by atoms with Crippen LogP contribution in [0.15, 0.2) is 24.5 Å². The zero-order valence-corrected chi connectivity index (χ0v) is 12.0. The van der Waals surface area contributed by atoms with Gasteiger partial charge in [0.2, 0.25) is 0 Å². The van der Waals surface area contributed by atoms with Crippen LogP contribution in [0.25, 0.3) is 0 Å². The van der Waals surface area contributed by atoms with Crippen molar-refractivity contribution in [3.05, 3.63) is 30.1 Å². The quantitative estimate of drug-likeness (QED) is 0.871. The summed E-state index contributed by atoms with van der Waals surface area (Å²) in [5.41, 5.74) is 1.28. The highest BCUT2D eigenvalue weighted by Crippen LogP contribution is 2.15. The Balaban J connectivity index is 1.89. The van der Waals surface area contributed by atoms with Gasteiger partial charge in [-0.25, -0.2) is 0 Å². The lowest BCUT2D eigenvalue weighted by Gasteiger charge is -2.41. The fourth-order valence-electron chi connectivity index (χ4n) is 2.82. The zero-order chi connectivity index (χ0) is 13.7. The molecule has 1 aromatic heterocycles. The van der Waals surface area contributed by atoms with E-state index in [2.05, 4.69) is 27.8 Å². The van der Waals surface area contributed by atoms with Gasteiger partial charge in [0.05, 0.1) is 6.10 Å². The van der Waals surface area contributed by atoms with Gasteiger partial charge in [-0.05, 0) is 25.0 Å². The van der Waals surface area contributed by atoms with Gasteiger partial charge in [0.15, 0.2) is 0 Å². The van der Waals surface area contributed by atoms with Crippen LogP contribution in [0.2, 0.25) is 0 Å². The van der Waals surface area contributed by atoms with E-state index in [1.54, 1.807) is 0 Å². The van der Waals surface area contributed by atoms with Gasteiger partial charge in [0.1, 0.15) is 0 Å². The van der Waals surface area contributed by atoms with E-state index >= 15 is 0 Å². The molecule has 2 heterocycles. The minimum absolute atomic E-state index is 0.237. The maximum Gasteiger partial charge on any atom is 0.0639 e. The van der Waals surface area contributed by atoms with Crippen LogP contribution in [-0.2, 0) is 6.54 Å². The molecule has 0 radical (unpaired) electrons. The third-order valence-electron chi connectivity index (χ3n) is 3.79. The maximum absolute atomic E-state index is 9.56. The number of β-amino-alcohol motifs (C(OH)–C–C–N with tert-alkyl or cyclic N) is 1. The first-order valence-corrected chi connectivity index (χ1v) is 7.22. The molecular formula is C15H25N3O. The Kier molecular flexibility index (Phi) is 5.31. The van der Waals surface area contributed by atoms with Crippen molar-refractivity contribution in [1.29, 1.82) is 0 Å². The van der Waals surface area contributed by atoms with Crippen LogP contribution in [-0.4, -0.2) is 58.2 Å². The van der Waals surface area contributed by atoms with Crippen LogP contribution >= 0.6 is 0 Å². The molecule has 0 saturated carbocycles. The van der Waals surface area contributed by atoms with E-state index in [0.717, 1.165) is 39.1 Å². The highest BCUT2D eigenvalue weighted by molar-refractivity contribution is 5.08. The fraction of sp³-hybridized carbons (Fsp3) is 0.667. The number of aromatic nitrogens is 1. The van der Waals surface area contributed by atoms with E-state index in [1.165, 1.54) is 5.56 Å². The molecular weight excluding hydrogens is 238 g/mol. The number of rotatable bonds is 5. The molecule has 19 heavy (non-hydrogen) atoms.